The lowest BCUT2D eigenvalue weighted by Gasteiger charge is -2.44. The van der Waals surface area contributed by atoms with E-state index >= 15 is 0 Å². The Morgan fingerprint density at radius 3 is 1.40 bits per heavy atom. The van der Waals surface area contributed by atoms with Gasteiger partial charge in [-0.05, 0) is 128 Å². The van der Waals surface area contributed by atoms with E-state index in [1.165, 1.54) is 67.0 Å². The summed E-state index contributed by atoms with van der Waals surface area (Å²) in [7, 11) is 0. The molecule has 0 N–H and O–H groups in total. The van der Waals surface area contributed by atoms with Gasteiger partial charge in [-0.25, -0.2) is 0 Å². The number of rotatable bonds is 7. The van der Waals surface area contributed by atoms with Crippen molar-refractivity contribution in [3.05, 3.63) is 230 Å². The Bertz CT molecular complexity index is 2990. The van der Waals surface area contributed by atoms with Crippen molar-refractivity contribution in [3.63, 3.8) is 0 Å². The van der Waals surface area contributed by atoms with E-state index in [0.29, 0.717) is 0 Å². The summed E-state index contributed by atoms with van der Waals surface area (Å²) in [5.74, 6) is 0. The highest BCUT2D eigenvalue weighted by atomic mass is 15.2. The topological polar surface area (TPSA) is 9.72 Å². The minimum atomic E-state index is -0.0178. The molecule has 0 amide bonds. The summed E-state index contributed by atoms with van der Waals surface area (Å²) in [4.78, 5) is 7.37. The molecule has 0 bridgehead atoms. The van der Waals surface area contributed by atoms with Crippen molar-refractivity contribution in [1.29, 1.82) is 0 Å². The van der Waals surface area contributed by atoms with Crippen LogP contribution < -0.4 is 31.1 Å². The molecule has 2 heterocycles. The van der Waals surface area contributed by atoms with Gasteiger partial charge in [-0.15, -0.1) is 0 Å². The maximum Gasteiger partial charge on any atom is 0.252 e. The summed E-state index contributed by atoms with van der Waals surface area (Å²) >= 11 is 0. The lowest BCUT2D eigenvalue weighted by molar-refractivity contribution is 0.590. The third kappa shape index (κ3) is 6.47. The first kappa shape index (κ1) is 37.4. The molecule has 2 aliphatic rings. The summed E-state index contributed by atoms with van der Waals surface area (Å²) in [6.07, 6.45) is 0. The number of nitrogens with zero attached hydrogens (tertiary/aromatic N) is 3. The number of fused-ring (bicyclic) bond motifs is 4. The molecule has 62 heavy (non-hydrogen) atoms. The highest BCUT2D eigenvalue weighted by Crippen LogP contribution is 2.46. The fraction of sp³-hybridized carbons (Fsp3) is 0.0690. The van der Waals surface area contributed by atoms with Crippen molar-refractivity contribution >= 4 is 74.3 Å². The maximum atomic E-state index is 2.51. The highest BCUT2D eigenvalue weighted by Gasteiger charge is 2.43. The average molecular weight is 796 g/mol. The van der Waals surface area contributed by atoms with Gasteiger partial charge >= 0.3 is 0 Å². The highest BCUT2D eigenvalue weighted by molar-refractivity contribution is 7.00. The number of para-hydroxylation sites is 2. The predicted octanol–water partition coefficient (Wildman–Crippen LogP) is 13.9. The molecule has 11 rings (SSSR count). The second-order valence-electron chi connectivity index (χ2n) is 17.4. The Kier molecular flexibility index (Phi) is 9.16. The number of hydrogen-bond donors (Lipinski definition) is 0. The van der Waals surface area contributed by atoms with Gasteiger partial charge < -0.3 is 14.7 Å². The van der Waals surface area contributed by atoms with Crippen molar-refractivity contribution in [1.82, 2.24) is 0 Å². The standard InChI is InChI=1S/C58H46BN3/c1-58(2,3)45-30-34-49(35-31-45)62-55-26-16-25-54-57(55)59(51-37-36-50(40-56(51)62)60(46-21-12-6-13-22-46)47-23-14-7-15-24-47)52-39-44(42-19-10-5-11-20-42)29-38-53(52)61(54)48-32-27-43(28-33-48)41-17-8-4-9-18-41/h4-40H,1-3H3. The number of anilines is 9. The van der Waals surface area contributed by atoms with Crippen LogP contribution in [0.25, 0.3) is 22.3 Å². The van der Waals surface area contributed by atoms with Gasteiger partial charge in [0.1, 0.15) is 0 Å². The quantitative estimate of drug-likeness (QED) is 0.149. The molecule has 9 aromatic carbocycles. The zero-order valence-electron chi connectivity index (χ0n) is 35.3. The van der Waals surface area contributed by atoms with Crippen LogP contribution in [0.5, 0.6) is 0 Å². The van der Waals surface area contributed by atoms with Gasteiger partial charge in [-0.3, -0.25) is 0 Å². The van der Waals surface area contributed by atoms with Crippen LogP contribution in [0.1, 0.15) is 26.3 Å². The molecule has 0 aliphatic carbocycles. The Balaban J connectivity index is 1.16. The Labute approximate surface area is 365 Å². The van der Waals surface area contributed by atoms with Crippen LogP contribution >= 0.6 is 0 Å². The van der Waals surface area contributed by atoms with Crippen molar-refractivity contribution in [2.75, 3.05) is 14.7 Å². The molecular formula is C58H46BN3. The lowest BCUT2D eigenvalue weighted by Crippen LogP contribution is -2.61. The molecule has 0 aromatic heterocycles. The minimum absolute atomic E-state index is 0.0178. The molecule has 3 nitrogen and oxygen atoms in total. The third-order valence-electron chi connectivity index (χ3n) is 12.6. The van der Waals surface area contributed by atoms with Crippen LogP contribution in [-0.4, -0.2) is 6.71 Å². The Morgan fingerprint density at radius 1 is 0.355 bits per heavy atom. The molecule has 0 fully saturated rings. The van der Waals surface area contributed by atoms with Crippen LogP contribution in [0.3, 0.4) is 0 Å². The Morgan fingerprint density at radius 2 is 0.839 bits per heavy atom. The fourth-order valence-corrected chi connectivity index (χ4v) is 9.58. The van der Waals surface area contributed by atoms with E-state index in [1.807, 2.05) is 0 Å². The van der Waals surface area contributed by atoms with E-state index in [9.17, 15) is 0 Å². The summed E-state index contributed by atoms with van der Waals surface area (Å²) < 4.78 is 0. The van der Waals surface area contributed by atoms with Gasteiger partial charge in [0.25, 0.3) is 6.71 Å². The smallest absolute Gasteiger partial charge is 0.252 e. The van der Waals surface area contributed by atoms with Crippen molar-refractivity contribution in [2.45, 2.75) is 26.2 Å². The largest absolute Gasteiger partial charge is 0.311 e. The molecule has 0 unspecified atom stereocenters. The molecule has 0 saturated carbocycles. The average Bonchev–Trinajstić information content (AvgIpc) is 3.32. The van der Waals surface area contributed by atoms with E-state index in [4.69, 9.17) is 0 Å². The van der Waals surface area contributed by atoms with Crippen LogP contribution in [0, 0.1) is 0 Å². The summed E-state index contributed by atoms with van der Waals surface area (Å²) in [6.45, 7) is 6.83. The molecule has 296 valence electrons. The van der Waals surface area contributed by atoms with Gasteiger partial charge in [-0.2, -0.15) is 0 Å². The first-order valence-corrected chi connectivity index (χ1v) is 21.6. The first-order valence-electron chi connectivity index (χ1n) is 21.6. The van der Waals surface area contributed by atoms with E-state index in [2.05, 4.69) is 260 Å². The first-order chi connectivity index (χ1) is 30.4. The summed E-state index contributed by atoms with van der Waals surface area (Å²) in [5, 5.41) is 0. The lowest BCUT2D eigenvalue weighted by atomic mass is 9.33. The second-order valence-corrected chi connectivity index (χ2v) is 17.4. The maximum absolute atomic E-state index is 2.51. The van der Waals surface area contributed by atoms with Gasteiger partial charge in [0.05, 0.1) is 0 Å². The van der Waals surface area contributed by atoms with E-state index < -0.39 is 0 Å². The van der Waals surface area contributed by atoms with Gasteiger partial charge in [-0.1, -0.05) is 166 Å². The molecular weight excluding hydrogens is 749 g/mol. The molecule has 2 aliphatic heterocycles. The molecule has 0 saturated heterocycles. The number of benzene rings is 9. The van der Waals surface area contributed by atoms with Gasteiger partial charge in [0.2, 0.25) is 0 Å². The normalized spacial score (nSPS) is 12.7. The monoisotopic (exact) mass is 795 g/mol. The molecule has 4 heteroatoms. The van der Waals surface area contributed by atoms with E-state index in [-0.39, 0.29) is 12.1 Å². The fourth-order valence-electron chi connectivity index (χ4n) is 9.58. The summed E-state index contributed by atoms with van der Waals surface area (Å²) in [5.41, 5.74) is 20.4. The van der Waals surface area contributed by atoms with Crippen molar-refractivity contribution < 1.29 is 0 Å². The van der Waals surface area contributed by atoms with Crippen LogP contribution in [0.15, 0.2) is 224 Å². The van der Waals surface area contributed by atoms with Crippen LogP contribution in [-0.2, 0) is 5.41 Å². The van der Waals surface area contributed by atoms with Gasteiger partial charge in [0.15, 0.2) is 0 Å². The molecule has 9 aromatic rings. The SMILES string of the molecule is CC(C)(C)c1ccc(N2c3cc(N(c4ccccc4)c4ccccc4)ccc3B3c4cc(-c5ccccc5)ccc4N(c4ccc(-c5ccccc5)cc4)c4cccc2c43)cc1. The van der Waals surface area contributed by atoms with E-state index in [1.54, 1.807) is 0 Å². The molecule has 0 atom stereocenters. The van der Waals surface area contributed by atoms with Gasteiger partial charge in [0, 0.05) is 51.2 Å². The minimum Gasteiger partial charge on any atom is -0.311 e. The second kappa shape index (κ2) is 15.2. The van der Waals surface area contributed by atoms with E-state index in [0.717, 1.165) is 28.4 Å². The van der Waals surface area contributed by atoms with Crippen molar-refractivity contribution in [3.8, 4) is 22.3 Å². The predicted molar refractivity (Wildman–Crippen MR) is 265 cm³/mol. The van der Waals surface area contributed by atoms with Crippen LogP contribution in [0.2, 0.25) is 0 Å². The number of hydrogen-bond acceptors (Lipinski definition) is 3. The zero-order valence-corrected chi connectivity index (χ0v) is 35.3. The third-order valence-corrected chi connectivity index (χ3v) is 12.6. The molecule has 0 spiro atoms. The Hall–Kier alpha value is -7.56. The van der Waals surface area contributed by atoms with Crippen molar-refractivity contribution in [2.24, 2.45) is 0 Å². The molecule has 0 radical (unpaired) electrons. The summed E-state index contributed by atoms with van der Waals surface area (Å²) in [6, 6.07) is 82.3. The van der Waals surface area contributed by atoms with Crippen LogP contribution in [0.4, 0.5) is 51.2 Å². The zero-order chi connectivity index (χ0) is 41.8.